The summed E-state index contributed by atoms with van der Waals surface area (Å²) in [7, 11) is 1.39. The van der Waals surface area contributed by atoms with Gasteiger partial charge in [0.15, 0.2) is 6.61 Å². The molecule has 1 rings (SSSR count). The maximum absolute atomic E-state index is 11.3. The Labute approximate surface area is 109 Å². The minimum Gasteiger partial charge on any atom is -0.484 e. The number of urea groups is 1. The van der Waals surface area contributed by atoms with Crippen molar-refractivity contribution in [1.82, 2.24) is 10.6 Å². The Balaban J connectivity index is 2.59. The number of nitrogens with one attached hydrogen (secondary N) is 2. The lowest BCUT2D eigenvalue weighted by Crippen LogP contribution is -2.39. The smallest absolute Gasteiger partial charge is 0.335 e. The fourth-order valence-electron chi connectivity index (χ4n) is 1.34. The first-order valence-corrected chi connectivity index (χ1v) is 5.42. The van der Waals surface area contributed by atoms with E-state index in [0.29, 0.717) is 11.3 Å². The second kappa shape index (κ2) is 6.39. The fraction of sp³-hybridized carbons (Fsp3) is 0.250. The van der Waals surface area contributed by atoms with Crippen LogP contribution >= 0.6 is 0 Å². The van der Waals surface area contributed by atoms with Crippen LogP contribution < -0.4 is 15.4 Å². The molecule has 3 amide bonds. The molecule has 7 heteroatoms. The average Bonchev–Trinajstić information content (AvgIpc) is 2.35. The first-order chi connectivity index (χ1) is 8.93. The van der Waals surface area contributed by atoms with Crippen molar-refractivity contribution in [3.8, 4) is 5.75 Å². The van der Waals surface area contributed by atoms with E-state index in [9.17, 15) is 14.4 Å². The van der Waals surface area contributed by atoms with Crippen molar-refractivity contribution in [3.63, 3.8) is 0 Å². The van der Waals surface area contributed by atoms with Crippen LogP contribution in [0.1, 0.15) is 15.9 Å². The monoisotopic (exact) mass is 266 g/mol. The van der Waals surface area contributed by atoms with Gasteiger partial charge in [0, 0.05) is 7.05 Å². The number of aromatic carboxylic acids is 1. The van der Waals surface area contributed by atoms with Gasteiger partial charge < -0.3 is 15.2 Å². The molecule has 3 N–H and O–H groups in total. The van der Waals surface area contributed by atoms with Crippen LogP contribution in [0.4, 0.5) is 4.79 Å². The van der Waals surface area contributed by atoms with Crippen LogP contribution in [0.5, 0.6) is 5.75 Å². The minimum atomic E-state index is -1.03. The number of imide groups is 1. The molecular weight excluding hydrogens is 252 g/mol. The van der Waals surface area contributed by atoms with Gasteiger partial charge in [0.05, 0.1) is 5.56 Å². The largest absolute Gasteiger partial charge is 0.484 e. The molecule has 0 atom stereocenters. The van der Waals surface area contributed by atoms with Crippen LogP contribution in [0.3, 0.4) is 0 Å². The first-order valence-electron chi connectivity index (χ1n) is 5.42. The lowest BCUT2D eigenvalue weighted by atomic mass is 10.1. The summed E-state index contributed by atoms with van der Waals surface area (Å²) in [6.07, 6.45) is 0. The average molecular weight is 266 g/mol. The molecule has 19 heavy (non-hydrogen) atoms. The van der Waals surface area contributed by atoms with E-state index < -0.39 is 17.9 Å². The van der Waals surface area contributed by atoms with E-state index in [2.05, 4.69) is 5.32 Å². The van der Waals surface area contributed by atoms with Crippen molar-refractivity contribution in [2.45, 2.75) is 6.92 Å². The summed E-state index contributed by atoms with van der Waals surface area (Å²) in [5.41, 5.74) is 0.693. The highest BCUT2D eigenvalue weighted by Gasteiger charge is 2.10. The van der Waals surface area contributed by atoms with Crippen LogP contribution in [-0.4, -0.2) is 36.7 Å². The molecule has 0 spiro atoms. The van der Waals surface area contributed by atoms with Gasteiger partial charge in [0.25, 0.3) is 5.91 Å². The van der Waals surface area contributed by atoms with Crippen molar-refractivity contribution >= 4 is 17.9 Å². The van der Waals surface area contributed by atoms with E-state index >= 15 is 0 Å². The van der Waals surface area contributed by atoms with Gasteiger partial charge in [-0.25, -0.2) is 9.59 Å². The fourth-order valence-corrected chi connectivity index (χ4v) is 1.34. The Morgan fingerprint density at radius 3 is 2.53 bits per heavy atom. The third-order valence-electron chi connectivity index (χ3n) is 2.28. The molecule has 0 fully saturated rings. The molecule has 0 saturated carbocycles. The van der Waals surface area contributed by atoms with Gasteiger partial charge in [0.1, 0.15) is 5.75 Å². The van der Waals surface area contributed by atoms with E-state index in [1.807, 2.05) is 5.32 Å². The Morgan fingerprint density at radius 2 is 2.00 bits per heavy atom. The van der Waals surface area contributed by atoms with Crippen molar-refractivity contribution in [3.05, 3.63) is 29.3 Å². The minimum absolute atomic E-state index is 0.169. The highest BCUT2D eigenvalue weighted by Crippen LogP contribution is 2.17. The number of hydrogen-bond donors (Lipinski definition) is 3. The topological polar surface area (TPSA) is 105 Å². The van der Waals surface area contributed by atoms with Gasteiger partial charge in [-0.1, -0.05) is 0 Å². The van der Waals surface area contributed by atoms with Crippen molar-refractivity contribution < 1.29 is 24.2 Å². The molecule has 0 aromatic heterocycles. The Bertz CT molecular complexity index is 513. The lowest BCUT2D eigenvalue weighted by Gasteiger charge is -2.08. The summed E-state index contributed by atoms with van der Waals surface area (Å²) in [5.74, 6) is -1.27. The first kappa shape index (κ1) is 14.5. The second-order valence-electron chi connectivity index (χ2n) is 3.70. The zero-order valence-corrected chi connectivity index (χ0v) is 10.5. The van der Waals surface area contributed by atoms with Gasteiger partial charge in [-0.05, 0) is 30.7 Å². The van der Waals surface area contributed by atoms with E-state index in [0.717, 1.165) is 0 Å². The van der Waals surface area contributed by atoms with E-state index in [1.165, 1.54) is 25.2 Å². The number of carbonyl (C=O) groups excluding carboxylic acids is 2. The number of rotatable bonds is 4. The summed E-state index contributed by atoms with van der Waals surface area (Å²) in [6, 6.07) is 3.73. The SMILES string of the molecule is CNC(=O)NC(=O)COc1ccc(C(=O)O)c(C)c1. The van der Waals surface area contributed by atoms with E-state index in [4.69, 9.17) is 9.84 Å². The number of amides is 3. The van der Waals surface area contributed by atoms with Gasteiger partial charge in [-0.2, -0.15) is 0 Å². The molecule has 7 nitrogen and oxygen atoms in total. The van der Waals surface area contributed by atoms with Crippen molar-refractivity contribution in [2.75, 3.05) is 13.7 Å². The van der Waals surface area contributed by atoms with Crippen LogP contribution in [-0.2, 0) is 4.79 Å². The third kappa shape index (κ3) is 4.30. The molecule has 0 saturated heterocycles. The predicted octanol–water partition coefficient (Wildman–Crippen LogP) is 0.528. The maximum Gasteiger partial charge on any atom is 0.335 e. The van der Waals surface area contributed by atoms with Crippen LogP contribution in [0.2, 0.25) is 0 Å². The molecule has 0 aliphatic rings. The molecule has 0 radical (unpaired) electrons. The molecule has 1 aromatic carbocycles. The molecule has 1 aromatic rings. The number of carboxylic acids is 1. The second-order valence-corrected chi connectivity index (χ2v) is 3.70. The van der Waals surface area contributed by atoms with Gasteiger partial charge in [0.2, 0.25) is 0 Å². The van der Waals surface area contributed by atoms with Crippen LogP contribution in [0, 0.1) is 6.92 Å². The predicted molar refractivity (Wildman–Crippen MR) is 66.2 cm³/mol. The summed E-state index contributed by atoms with van der Waals surface area (Å²) in [4.78, 5) is 32.9. The number of carboxylic acid groups (broad SMARTS) is 1. The highest BCUT2D eigenvalue weighted by molar-refractivity contribution is 5.94. The van der Waals surface area contributed by atoms with Crippen LogP contribution in [0.15, 0.2) is 18.2 Å². The van der Waals surface area contributed by atoms with E-state index in [-0.39, 0.29) is 12.2 Å². The number of benzene rings is 1. The van der Waals surface area contributed by atoms with E-state index in [1.54, 1.807) is 6.92 Å². The van der Waals surface area contributed by atoms with Crippen LogP contribution in [0.25, 0.3) is 0 Å². The molecule has 102 valence electrons. The van der Waals surface area contributed by atoms with Crippen molar-refractivity contribution in [2.24, 2.45) is 0 Å². The Hall–Kier alpha value is -2.57. The molecule has 0 bridgehead atoms. The summed E-state index contributed by atoms with van der Waals surface area (Å²) in [6.45, 7) is 1.29. The number of carbonyl (C=O) groups is 3. The Kier molecular flexibility index (Phi) is 4.87. The number of aryl methyl sites for hydroxylation is 1. The number of ether oxygens (including phenoxy) is 1. The zero-order valence-electron chi connectivity index (χ0n) is 10.5. The maximum atomic E-state index is 11.3. The standard InChI is InChI=1S/C12H14N2O5/c1-7-5-8(3-4-9(7)11(16)17)19-6-10(15)14-12(18)13-2/h3-5H,6H2,1-2H3,(H,16,17)(H2,13,14,15,18). The lowest BCUT2D eigenvalue weighted by molar-refractivity contribution is -0.122. The molecule has 0 unspecified atom stereocenters. The van der Waals surface area contributed by atoms with Crippen molar-refractivity contribution in [1.29, 1.82) is 0 Å². The quantitative estimate of drug-likeness (QED) is 0.737. The molecular formula is C12H14N2O5. The van der Waals surface area contributed by atoms with Gasteiger partial charge in [-0.15, -0.1) is 0 Å². The van der Waals surface area contributed by atoms with Gasteiger partial charge in [-0.3, -0.25) is 10.1 Å². The summed E-state index contributed by atoms with van der Waals surface area (Å²) < 4.78 is 5.14. The zero-order chi connectivity index (χ0) is 14.4. The molecule has 0 aliphatic heterocycles. The Morgan fingerprint density at radius 1 is 1.32 bits per heavy atom. The molecule has 0 heterocycles. The summed E-state index contributed by atoms with van der Waals surface area (Å²) in [5, 5.41) is 13.1. The molecule has 0 aliphatic carbocycles. The normalized spacial score (nSPS) is 9.58. The number of hydrogen-bond acceptors (Lipinski definition) is 4. The van der Waals surface area contributed by atoms with Gasteiger partial charge >= 0.3 is 12.0 Å². The summed E-state index contributed by atoms with van der Waals surface area (Å²) >= 11 is 0. The highest BCUT2D eigenvalue weighted by atomic mass is 16.5. The third-order valence-corrected chi connectivity index (χ3v) is 2.28.